The van der Waals surface area contributed by atoms with E-state index in [2.05, 4.69) is 26.0 Å². The third-order valence-electron chi connectivity index (χ3n) is 7.00. The molecule has 1 aliphatic carbocycles. The molecule has 5 nitrogen and oxygen atoms in total. The first-order valence-electron chi connectivity index (χ1n) is 10.7. The van der Waals surface area contributed by atoms with Crippen molar-refractivity contribution in [2.24, 2.45) is 11.8 Å². The van der Waals surface area contributed by atoms with Gasteiger partial charge in [0.25, 0.3) is 0 Å². The van der Waals surface area contributed by atoms with Gasteiger partial charge in [-0.15, -0.1) is 11.6 Å². The van der Waals surface area contributed by atoms with Gasteiger partial charge in [-0.25, -0.2) is 4.39 Å². The second-order valence-corrected chi connectivity index (χ2v) is 9.27. The molecule has 1 saturated carbocycles. The zero-order chi connectivity index (χ0) is 17.9. The van der Waals surface area contributed by atoms with Crippen LogP contribution in [-0.4, -0.2) is 72.9 Å². The molecule has 4 fully saturated rings. The topological polar surface area (TPSA) is 42.6 Å². The van der Waals surface area contributed by atoms with Gasteiger partial charge in [0, 0.05) is 51.2 Å². The molecule has 3 saturated heterocycles. The average Bonchev–Trinajstić information content (AvgIpc) is 3.11. The summed E-state index contributed by atoms with van der Waals surface area (Å²) in [5, 5.41) is 3.55. The average molecular weight is 388 g/mol. The summed E-state index contributed by atoms with van der Waals surface area (Å²) in [4.78, 5) is 5.21. The van der Waals surface area contributed by atoms with Crippen molar-refractivity contribution in [2.75, 3.05) is 39.3 Å². The molecular formula is C19H35ClFN5. The van der Waals surface area contributed by atoms with Crippen LogP contribution in [0, 0.1) is 11.8 Å². The number of nitrogens with one attached hydrogen (secondary N) is 3. The first-order valence-corrected chi connectivity index (χ1v) is 11.1. The van der Waals surface area contributed by atoms with Crippen LogP contribution in [0.15, 0.2) is 0 Å². The lowest BCUT2D eigenvalue weighted by molar-refractivity contribution is 0.0549. The van der Waals surface area contributed by atoms with Crippen molar-refractivity contribution in [1.29, 1.82) is 0 Å². The van der Waals surface area contributed by atoms with Crippen LogP contribution in [0.25, 0.3) is 0 Å². The third kappa shape index (κ3) is 4.70. The fourth-order valence-electron chi connectivity index (χ4n) is 5.41. The van der Waals surface area contributed by atoms with E-state index in [9.17, 15) is 4.39 Å². The lowest BCUT2D eigenvalue weighted by atomic mass is 9.79. The maximum Gasteiger partial charge on any atom is 0.100 e. The normalized spacial score (nSPS) is 43.6. The van der Waals surface area contributed by atoms with E-state index in [1.807, 2.05) is 0 Å². The Bertz CT molecular complexity index is 440. The van der Waals surface area contributed by atoms with Gasteiger partial charge in [0.15, 0.2) is 0 Å². The summed E-state index contributed by atoms with van der Waals surface area (Å²) in [5.41, 5.74) is 7.03. The SMILES string of the molecule is FC1CCC(C2NNCC2CN2CCN(C3CCCC(Cl)N3)CC2)CC1. The van der Waals surface area contributed by atoms with Crippen LogP contribution in [-0.2, 0) is 0 Å². The molecule has 0 aromatic heterocycles. The summed E-state index contributed by atoms with van der Waals surface area (Å²) >= 11 is 6.29. The molecule has 4 rings (SSSR count). The lowest BCUT2D eigenvalue weighted by Gasteiger charge is -2.43. The molecule has 150 valence electrons. The van der Waals surface area contributed by atoms with Gasteiger partial charge in [-0.1, -0.05) is 0 Å². The number of piperazine rings is 1. The van der Waals surface area contributed by atoms with Crippen LogP contribution < -0.4 is 16.2 Å². The van der Waals surface area contributed by atoms with E-state index in [0.29, 0.717) is 24.0 Å². The maximum atomic E-state index is 13.5. The van der Waals surface area contributed by atoms with E-state index in [0.717, 1.165) is 71.4 Å². The second-order valence-electron chi connectivity index (χ2n) is 8.74. The number of hydrogen-bond donors (Lipinski definition) is 3. The molecule has 0 bridgehead atoms. The Morgan fingerprint density at radius 3 is 2.46 bits per heavy atom. The smallest absolute Gasteiger partial charge is 0.100 e. The highest BCUT2D eigenvalue weighted by Crippen LogP contribution is 2.32. The van der Waals surface area contributed by atoms with Crippen molar-refractivity contribution in [2.45, 2.75) is 68.8 Å². The summed E-state index contributed by atoms with van der Waals surface area (Å²) in [7, 11) is 0. The fourth-order valence-corrected chi connectivity index (χ4v) is 5.71. The van der Waals surface area contributed by atoms with Gasteiger partial charge >= 0.3 is 0 Å². The number of nitrogens with zero attached hydrogens (tertiary/aromatic N) is 2. The predicted molar refractivity (Wildman–Crippen MR) is 104 cm³/mol. The molecule has 0 spiro atoms. The number of alkyl halides is 2. The van der Waals surface area contributed by atoms with Gasteiger partial charge < -0.3 is 4.90 Å². The van der Waals surface area contributed by atoms with Gasteiger partial charge in [-0.3, -0.25) is 21.1 Å². The Morgan fingerprint density at radius 1 is 0.962 bits per heavy atom. The van der Waals surface area contributed by atoms with Crippen molar-refractivity contribution < 1.29 is 4.39 Å². The van der Waals surface area contributed by atoms with Crippen molar-refractivity contribution in [1.82, 2.24) is 26.0 Å². The Hall–Kier alpha value is 0.0200. The zero-order valence-electron chi connectivity index (χ0n) is 15.8. The van der Waals surface area contributed by atoms with E-state index in [4.69, 9.17) is 11.6 Å². The van der Waals surface area contributed by atoms with Crippen LogP contribution in [0.3, 0.4) is 0 Å². The Balaban J connectivity index is 1.23. The first-order chi connectivity index (χ1) is 12.7. The van der Waals surface area contributed by atoms with Gasteiger partial charge in [0.2, 0.25) is 0 Å². The summed E-state index contributed by atoms with van der Waals surface area (Å²) < 4.78 is 13.5. The molecule has 4 aliphatic rings. The molecule has 26 heavy (non-hydrogen) atoms. The minimum atomic E-state index is -0.562. The molecule has 3 N–H and O–H groups in total. The first kappa shape index (κ1) is 19.3. The van der Waals surface area contributed by atoms with Gasteiger partial charge in [0.1, 0.15) is 6.17 Å². The van der Waals surface area contributed by atoms with Gasteiger partial charge in [-0.05, 0) is 50.9 Å². The predicted octanol–water partition coefficient (Wildman–Crippen LogP) is 1.89. The summed E-state index contributed by atoms with van der Waals surface area (Å²) in [6.07, 6.45) is 7.03. The second kappa shape index (κ2) is 9.01. The molecular weight excluding hydrogens is 353 g/mol. The monoisotopic (exact) mass is 387 g/mol. The molecule has 4 atom stereocenters. The van der Waals surface area contributed by atoms with Crippen molar-refractivity contribution in [3.05, 3.63) is 0 Å². The quantitative estimate of drug-likeness (QED) is 0.508. The molecule has 0 radical (unpaired) electrons. The standard InChI is InChI=1S/C19H35ClFN5/c20-17-2-1-3-18(23-17)26-10-8-25(9-11-26)13-15-12-22-24-19(15)14-4-6-16(21)7-5-14/h14-19,22-24H,1-13H2. The number of rotatable bonds is 4. The Labute approximate surface area is 162 Å². The summed E-state index contributed by atoms with van der Waals surface area (Å²) in [5.74, 6) is 1.28. The molecule has 0 aromatic carbocycles. The Kier molecular flexibility index (Phi) is 6.70. The van der Waals surface area contributed by atoms with Gasteiger partial charge in [-0.2, -0.15) is 0 Å². The third-order valence-corrected chi connectivity index (χ3v) is 7.34. The molecule has 0 amide bonds. The Morgan fingerprint density at radius 2 is 1.73 bits per heavy atom. The molecule has 3 heterocycles. The summed E-state index contributed by atoms with van der Waals surface area (Å²) in [6, 6.07) is 0.512. The van der Waals surface area contributed by atoms with E-state index < -0.39 is 6.17 Å². The van der Waals surface area contributed by atoms with Gasteiger partial charge in [0.05, 0.1) is 11.7 Å². The van der Waals surface area contributed by atoms with E-state index in [-0.39, 0.29) is 5.50 Å². The van der Waals surface area contributed by atoms with Crippen molar-refractivity contribution in [3.8, 4) is 0 Å². The molecule has 3 aliphatic heterocycles. The van der Waals surface area contributed by atoms with E-state index in [1.165, 1.54) is 12.8 Å². The summed E-state index contributed by atoms with van der Waals surface area (Å²) in [6.45, 7) is 6.75. The van der Waals surface area contributed by atoms with Crippen LogP contribution in [0.1, 0.15) is 44.9 Å². The molecule has 4 unspecified atom stereocenters. The minimum absolute atomic E-state index is 0.141. The number of hydrogen-bond acceptors (Lipinski definition) is 5. The van der Waals surface area contributed by atoms with Crippen LogP contribution in [0.2, 0.25) is 0 Å². The largest absolute Gasteiger partial charge is 0.300 e. The number of hydrazine groups is 1. The number of halogens is 2. The number of piperidine rings is 1. The van der Waals surface area contributed by atoms with E-state index in [1.54, 1.807) is 0 Å². The zero-order valence-corrected chi connectivity index (χ0v) is 16.6. The van der Waals surface area contributed by atoms with E-state index >= 15 is 0 Å². The van der Waals surface area contributed by atoms with Crippen LogP contribution in [0.5, 0.6) is 0 Å². The highest BCUT2D eigenvalue weighted by Gasteiger charge is 2.37. The lowest BCUT2D eigenvalue weighted by Crippen LogP contribution is -2.58. The fraction of sp³-hybridized carbons (Fsp3) is 1.00. The molecule has 7 heteroatoms. The van der Waals surface area contributed by atoms with Crippen molar-refractivity contribution in [3.63, 3.8) is 0 Å². The minimum Gasteiger partial charge on any atom is -0.300 e. The van der Waals surface area contributed by atoms with Crippen LogP contribution >= 0.6 is 11.6 Å². The maximum absolute atomic E-state index is 13.5. The molecule has 0 aromatic rings. The highest BCUT2D eigenvalue weighted by molar-refractivity contribution is 6.20. The van der Waals surface area contributed by atoms with Crippen LogP contribution in [0.4, 0.5) is 4.39 Å². The highest BCUT2D eigenvalue weighted by atomic mass is 35.5. The van der Waals surface area contributed by atoms with Crippen molar-refractivity contribution >= 4 is 11.6 Å².